The third-order valence-corrected chi connectivity index (χ3v) is 3.45. The SMILES string of the molecule is CC#CCNC(c1cccs1)c1nccn1C. The van der Waals surface area contributed by atoms with Crippen molar-refractivity contribution in [3.05, 3.63) is 40.6 Å². The Bertz CT molecular complexity index is 516. The summed E-state index contributed by atoms with van der Waals surface area (Å²) < 4.78 is 2.04. The highest BCUT2D eigenvalue weighted by molar-refractivity contribution is 7.10. The van der Waals surface area contributed by atoms with E-state index in [0.717, 1.165) is 5.82 Å². The van der Waals surface area contributed by atoms with E-state index in [1.54, 1.807) is 11.3 Å². The van der Waals surface area contributed by atoms with Crippen LogP contribution in [0, 0.1) is 11.8 Å². The number of aryl methyl sites for hydroxylation is 1. The number of thiophene rings is 1. The van der Waals surface area contributed by atoms with Crippen molar-refractivity contribution < 1.29 is 0 Å². The summed E-state index contributed by atoms with van der Waals surface area (Å²) in [4.78, 5) is 5.67. The molecule has 0 aromatic carbocycles. The van der Waals surface area contributed by atoms with Gasteiger partial charge in [-0.25, -0.2) is 4.98 Å². The van der Waals surface area contributed by atoms with E-state index in [2.05, 4.69) is 39.7 Å². The molecule has 0 aliphatic heterocycles. The van der Waals surface area contributed by atoms with Crippen LogP contribution in [0.25, 0.3) is 0 Å². The van der Waals surface area contributed by atoms with Crippen molar-refractivity contribution in [1.29, 1.82) is 0 Å². The van der Waals surface area contributed by atoms with E-state index < -0.39 is 0 Å². The van der Waals surface area contributed by atoms with Crippen molar-refractivity contribution in [1.82, 2.24) is 14.9 Å². The Morgan fingerprint density at radius 1 is 1.59 bits per heavy atom. The van der Waals surface area contributed by atoms with Gasteiger partial charge in [0.2, 0.25) is 0 Å². The summed E-state index contributed by atoms with van der Waals surface area (Å²) in [6.45, 7) is 2.52. The minimum Gasteiger partial charge on any atom is -0.336 e. The molecule has 0 bridgehead atoms. The molecular formula is C13H15N3S. The molecule has 0 saturated carbocycles. The molecular weight excluding hydrogens is 230 g/mol. The Hall–Kier alpha value is -1.57. The van der Waals surface area contributed by atoms with Gasteiger partial charge in [-0.15, -0.1) is 17.3 Å². The molecule has 0 radical (unpaired) electrons. The quantitative estimate of drug-likeness (QED) is 0.837. The monoisotopic (exact) mass is 245 g/mol. The highest BCUT2D eigenvalue weighted by atomic mass is 32.1. The first kappa shape index (κ1) is 11.9. The van der Waals surface area contributed by atoms with Crippen LogP contribution in [0.2, 0.25) is 0 Å². The minimum atomic E-state index is 0.121. The maximum Gasteiger partial charge on any atom is 0.131 e. The van der Waals surface area contributed by atoms with Gasteiger partial charge < -0.3 is 4.57 Å². The fraction of sp³-hybridized carbons (Fsp3) is 0.308. The Morgan fingerprint density at radius 2 is 2.47 bits per heavy atom. The van der Waals surface area contributed by atoms with Gasteiger partial charge in [0.05, 0.1) is 6.54 Å². The largest absolute Gasteiger partial charge is 0.336 e. The molecule has 0 saturated heterocycles. The van der Waals surface area contributed by atoms with Gasteiger partial charge in [0.1, 0.15) is 11.9 Å². The van der Waals surface area contributed by atoms with Crippen LogP contribution in [0.3, 0.4) is 0 Å². The van der Waals surface area contributed by atoms with Gasteiger partial charge in [-0.3, -0.25) is 5.32 Å². The van der Waals surface area contributed by atoms with Crippen LogP contribution >= 0.6 is 11.3 Å². The van der Waals surface area contributed by atoms with Gasteiger partial charge in [-0.05, 0) is 18.4 Å². The van der Waals surface area contributed by atoms with Crippen LogP contribution in [0.5, 0.6) is 0 Å². The lowest BCUT2D eigenvalue weighted by Gasteiger charge is -2.15. The Morgan fingerprint density at radius 3 is 3.06 bits per heavy atom. The lowest BCUT2D eigenvalue weighted by molar-refractivity contribution is 0.604. The van der Waals surface area contributed by atoms with Gasteiger partial charge in [0, 0.05) is 24.3 Å². The summed E-state index contributed by atoms with van der Waals surface area (Å²) in [6, 6.07) is 4.30. The van der Waals surface area contributed by atoms with Crippen molar-refractivity contribution in [3.63, 3.8) is 0 Å². The lowest BCUT2D eigenvalue weighted by Crippen LogP contribution is -2.24. The number of nitrogens with one attached hydrogen (secondary N) is 1. The van der Waals surface area contributed by atoms with E-state index in [1.165, 1.54) is 4.88 Å². The molecule has 0 aliphatic rings. The van der Waals surface area contributed by atoms with Gasteiger partial charge in [-0.1, -0.05) is 12.0 Å². The number of imidazole rings is 1. The van der Waals surface area contributed by atoms with Gasteiger partial charge in [-0.2, -0.15) is 0 Å². The first-order chi connectivity index (χ1) is 8.33. The first-order valence-electron chi connectivity index (χ1n) is 5.46. The maximum absolute atomic E-state index is 4.41. The molecule has 1 atom stereocenters. The maximum atomic E-state index is 4.41. The number of hydrogen-bond acceptors (Lipinski definition) is 3. The smallest absolute Gasteiger partial charge is 0.131 e. The number of rotatable bonds is 4. The van der Waals surface area contributed by atoms with Crippen molar-refractivity contribution in [2.75, 3.05) is 6.54 Å². The van der Waals surface area contributed by atoms with Crippen LogP contribution in [-0.2, 0) is 7.05 Å². The zero-order valence-electron chi connectivity index (χ0n) is 9.97. The second-order valence-corrected chi connectivity index (χ2v) is 4.63. The predicted molar refractivity (Wildman–Crippen MR) is 70.8 cm³/mol. The third kappa shape index (κ3) is 2.76. The molecule has 17 heavy (non-hydrogen) atoms. The molecule has 88 valence electrons. The van der Waals surface area contributed by atoms with E-state index in [9.17, 15) is 0 Å². The van der Waals surface area contributed by atoms with Crippen molar-refractivity contribution in [2.24, 2.45) is 7.05 Å². The number of hydrogen-bond donors (Lipinski definition) is 1. The second kappa shape index (κ2) is 5.67. The molecule has 0 aliphatic carbocycles. The molecule has 0 fully saturated rings. The summed E-state index contributed by atoms with van der Waals surface area (Å²) in [5.74, 6) is 6.94. The van der Waals surface area contributed by atoms with E-state index in [4.69, 9.17) is 0 Å². The Kier molecular flexibility index (Phi) is 3.97. The van der Waals surface area contributed by atoms with Crippen LogP contribution in [0.15, 0.2) is 29.9 Å². The Labute approximate surface area is 106 Å². The number of nitrogens with zero attached hydrogens (tertiary/aromatic N) is 2. The zero-order valence-corrected chi connectivity index (χ0v) is 10.8. The standard InChI is InChI=1S/C13H15N3S/c1-3-4-7-14-12(11-6-5-10-17-11)13-15-8-9-16(13)2/h5-6,8-10,12,14H,7H2,1-2H3. The van der Waals surface area contributed by atoms with Gasteiger partial charge >= 0.3 is 0 Å². The topological polar surface area (TPSA) is 29.9 Å². The number of aromatic nitrogens is 2. The molecule has 2 rings (SSSR count). The van der Waals surface area contributed by atoms with Crippen LogP contribution in [0.1, 0.15) is 23.7 Å². The normalized spacial score (nSPS) is 11.9. The van der Waals surface area contributed by atoms with Crippen LogP contribution in [-0.4, -0.2) is 16.1 Å². The summed E-state index contributed by atoms with van der Waals surface area (Å²) in [7, 11) is 2.01. The molecule has 1 N–H and O–H groups in total. The average molecular weight is 245 g/mol. The molecule has 1 unspecified atom stereocenters. The fourth-order valence-electron chi connectivity index (χ4n) is 1.67. The highest BCUT2D eigenvalue weighted by Gasteiger charge is 2.17. The first-order valence-corrected chi connectivity index (χ1v) is 6.34. The molecule has 2 aromatic heterocycles. The van der Waals surface area contributed by atoms with Crippen molar-refractivity contribution in [2.45, 2.75) is 13.0 Å². The van der Waals surface area contributed by atoms with E-state index in [0.29, 0.717) is 6.54 Å². The minimum absolute atomic E-state index is 0.121. The molecule has 2 heterocycles. The fourth-order valence-corrected chi connectivity index (χ4v) is 2.47. The van der Waals surface area contributed by atoms with Gasteiger partial charge in [0.15, 0.2) is 0 Å². The molecule has 4 heteroatoms. The van der Waals surface area contributed by atoms with E-state index in [-0.39, 0.29) is 6.04 Å². The van der Waals surface area contributed by atoms with Crippen molar-refractivity contribution >= 4 is 11.3 Å². The third-order valence-electron chi connectivity index (χ3n) is 2.52. The summed E-state index contributed by atoms with van der Waals surface area (Å²) in [6.07, 6.45) is 3.78. The summed E-state index contributed by atoms with van der Waals surface area (Å²) in [5.41, 5.74) is 0. The molecule has 3 nitrogen and oxygen atoms in total. The van der Waals surface area contributed by atoms with Crippen LogP contribution < -0.4 is 5.32 Å². The highest BCUT2D eigenvalue weighted by Crippen LogP contribution is 2.24. The van der Waals surface area contributed by atoms with Crippen LogP contribution in [0.4, 0.5) is 0 Å². The Balaban J connectivity index is 2.24. The van der Waals surface area contributed by atoms with E-state index in [1.807, 2.05) is 30.9 Å². The molecule has 0 spiro atoms. The summed E-state index contributed by atoms with van der Waals surface area (Å²) >= 11 is 1.73. The average Bonchev–Trinajstić information content (AvgIpc) is 2.96. The predicted octanol–water partition coefficient (Wildman–Crippen LogP) is 2.18. The molecule has 2 aromatic rings. The van der Waals surface area contributed by atoms with Gasteiger partial charge in [0.25, 0.3) is 0 Å². The molecule has 0 amide bonds. The van der Waals surface area contributed by atoms with E-state index >= 15 is 0 Å². The summed E-state index contributed by atoms with van der Waals surface area (Å²) in [5, 5.41) is 5.50. The second-order valence-electron chi connectivity index (χ2n) is 3.65. The zero-order chi connectivity index (χ0) is 12.1. The lowest BCUT2D eigenvalue weighted by atomic mass is 10.2. The van der Waals surface area contributed by atoms with Crippen molar-refractivity contribution in [3.8, 4) is 11.8 Å².